The van der Waals surface area contributed by atoms with Gasteiger partial charge in [-0.3, -0.25) is 9.59 Å². The maximum absolute atomic E-state index is 11.4. The number of hydrogen-bond donors (Lipinski definition) is 0. The van der Waals surface area contributed by atoms with Crippen molar-refractivity contribution in [2.75, 3.05) is 0 Å². The molecule has 2 aromatic heterocycles. The molecule has 0 amide bonds. The highest BCUT2D eigenvalue weighted by Gasteiger charge is 2.11. The molecular formula is C13H13NO3. The van der Waals surface area contributed by atoms with Crippen LogP contribution >= 0.6 is 0 Å². The molecule has 0 aliphatic carbocycles. The van der Waals surface area contributed by atoms with E-state index in [-0.39, 0.29) is 11.8 Å². The molecule has 0 saturated carbocycles. The summed E-state index contributed by atoms with van der Waals surface area (Å²) in [7, 11) is 0. The van der Waals surface area contributed by atoms with Gasteiger partial charge in [0.15, 0.2) is 11.5 Å². The molecule has 0 saturated heterocycles. The Morgan fingerprint density at radius 3 is 2.71 bits per heavy atom. The molecule has 0 unspecified atom stereocenters. The van der Waals surface area contributed by atoms with Crippen LogP contribution < -0.4 is 4.74 Å². The minimum absolute atomic E-state index is 0.0241. The summed E-state index contributed by atoms with van der Waals surface area (Å²) in [5.74, 6) is 0.166. The maximum atomic E-state index is 11.4. The number of nitrogens with zero attached hydrogens (tertiary/aromatic N) is 1. The third-order valence-electron chi connectivity index (χ3n) is 2.53. The Balaban J connectivity index is 2.52. The molecule has 0 N–H and O–H groups in total. The van der Waals surface area contributed by atoms with Gasteiger partial charge in [-0.25, -0.2) is 0 Å². The number of carbonyl (C=O) groups excluding carboxylic acids is 2. The van der Waals surface area contributed by atoms with E-state index in [1.165, 1.54) is 6.92 Å². The van der Waals surface area contributed by atoms with Gasteiger partial charge in [-0.2, -0.15) is 0 Å². The van der Waals surface area contributed by atoms with Gasteiger partial charge in [0.2, 0.25) is 0 Å². The van der Waals surface area contributed by atoms with Gasteiger partial charge in [-0.05, 0) is 24.3 Å². The molecule has 17 heavy (non-hydrogen) atoms. The quantitative estimate of drug-likeness (QED) is 0.602. The molecule has 0 aliphatic heterocycles. The number of ether oxygens (including phenoxy) is 1. The Morgan fingerprint density at radius 2 is 2.06 bits per heavy atom. The standard InChI is InChI=1S/C13H13NO3/c1-3-13(16)17-12-5-4-8-14-10(9(2)15)6-7-11(12)14/h4-8H,3H2,1-2H3. The number of aromatic nitrogens is 1. The lowest BCUT2D eigenvalue weighted by Crippen LogP contribution is -2.07. The molecular weight excluding hydrogens is 218 g/mol. The van der Waals surface area contributed by atoms with Crippen LogP contribution in [0.4, 0.5) is 0 Å². The van der Waals surface area contributed by atoms with Crippen molar-refractivity contribution < 1.29 is 14.3 Å². The molecule has 4 nitrogen and oxygen atoms in total. The van der Waals surface area contributed by atoms with E-state index in [4.69, 9.17) is 4.74 Å². The van der Waals surface area contributed by atoms with Crippen LogP contribution in [0, 0.1) is 0 Å². The summed E-state index contributed by atoms with van der Waals surface area (Å²) in [6.07, 6.45) is 2.09. The minimum Gasteiger partial charge on any atom is -0.424 e. The van der Waals surface area contributed by atoms with Gasteiger partial charge in [-0.1, -0.05) is 6.92 Å². The second-order valence-corrected chi connectivity index (χ2v) is 3.73. The van der Waals surface area contributed by atoms with Crippen LogP contribution in [0.2, 0.25) is 0 Å². The van der Waals surface area contributed by atoms with E-state index in [0.29, 0.717) is 17.9 Å². The number of carbonyl (C=O) groups is 2. The number of rotatable bonds is 3. The summed E-state index contributed by atoms with van der Waals surface area (Å²) >= 11 is 0. The Hall–Kier alpha value is -2.10. The molecule has 0 spiro atoms. The van der Waals surface area contributed by atoms with Crippen LogP contribution in [0.3, 0.4) is 0 Å². The van der Waals surface area contributed by atoms with Crippen LogP contribution in [0.5, 0.6) is 5.75 Å². The van der Waals surface area contributed by atoms with E-state index in [9.17, 15) is 9.59 Å². The van der Waals surface area contributed by atoms with Crippen molar-refractivity contribution in [2.24, 2.45) is 0 Å². The zero-order valence-electron chi connectivity index (χ0n) is 9.77. The predicted molar refractivity (Wildman–Crippen MR) is 63.3 cm³/mol. The minimum atomic E-state index is -0.288. The van der Waals surface area contributed by atoms with Crippen molar-refractivity contribution in [3.05, 3.63) is 36.2 Å². The van der Waals surface area contributed by atoms with Crippen molar-refractivity contribution in [3.63, 3.8) is 0 Å². The molecule has 0 aliphatic rings. The molecule has 0 bridgehead atoms. The fourth-order valence-corrected chi connectivity index (χ4v) is 1.68. The first-order valence-corrected chi connectivity index (χ1v) is 5.45. The van der Waals surface area contributed by atoms with Crippen LogP contribution in [-0.2, 0) is 4.79 Å². The molecule has 0 radical (unpaired) electrons. The van der Waals surface area contributed by atoms with Gasteiger partial charge in [0.25, 0.3) is 0 Å². The van der Waals surface area contributed by atoms with Crippen LogP contribution in [0.1, 0.15) is 30.8 Å². The first kappa shape index (κ1) is 11.4. The first-order valence-electron chi connectivity index (χ1n) is 5.45. The molecule has 88 valence electrons. The fourth-order valence-electron chi connectivity index (χ4n) is 1.68. The van der Waals surface area contributed by atoms with Gasteiger partial charge in [0.05, 0.1) is 11.2 Å². The highest BCUT2D eigenvalue weighted by molar-refractivity contribution is 5.94. The van der Waals surface area contributed by atoms with E-state index >= 15 is 0 Å². The number of pyridine rings is 1. The van der Waals surface area contributed by atoms with Gasteiger partial charge in [0.1, 0.15) is 0 Å². The molecule has 0 fully saturated rings. The average Bonchev–Trinajstić information content (AvgIpc) is 2.73. The monoisotopic (exact) mass is 231 g/mol. The van der Waals surface area contributed by atoms with Crippen molar-refractivity contribution in [2.45, 2.75) is 20.3 Å². The summed E-state index contributed by atoms with van der Waals surface area (Å²) < 4.78 is 6.92. The number of fused-ring (bicyclic) bond motifs is 1. The Labute approximate surface area is 98.8 Å². The van der Waals surface area contributed by atoms with E-state index in [2.05, 4.69) is 0 Å². The summed E-state index contributed by atoms with van der Waals surface area (Å²) in [6, 6.07) is 6.96. The molecule has 2 rings (SSSR count). The third-order valence-corrected chi connectivity index (χ3v) is 2.53. The highest BCUT2D eigenvalue weighted by Crippen LogP contribution is 2.22. The maximum Gasteiger partial charge on any atom is 0.310 e. The summed E-state index contributed by atoms with van der Waals surface area (Å²) in [5.41, 5.74) is 1.30. The van der Waals surface area contributed by atoms with Crippen LogP contribution in [0.25, 0.3) is 5.52 Å². The van der Waals surface area contributed by atoms with Gasteiger partial charge in [-0.15, -0.1) is 0 Å². The topological polar surface area (TPSA) is 47.8 Å². The van der Waals surface area contributed by atoms with Gasteiger partial charge in [0, 0.05) is 19.5 Å². The smallest absolute Gasteiger partial charge is 0.310 e. The van der Waals surface area contributed by atoms with Gasteiger partial charge >= 0.3 is 5.97 Å². The number of ketones is 1. The van der Waals surface area contributed by atoms with Crippen LogP contribution in [-0.4, -0.2) is 16.2 Å². The van der Waals surface area contributed by atoms with Crippen molar-refractivity contribution in [1.82, 2.24) is 4.40 Å². The summed E-state index contributed by atoms with van der Waals surface area (Å²) in [5, 5.41) is 0. The first-order chi connectivity index (χ1) is 8.13. The summed E-state index contributed by atoms with van der Waals surface area (Å²) in [4.78, 5) is 22.6. The number of Topliss-reactive ketones (excluding diaryl/α,β-unsaturated/α-hetero) is 1. The van der Waals surface area contributed by atoms with E-state index in [1.54, 1.807) is 41.8 Å². The van der Waals surface area contributed by atoms with E-state index < -0.39 is 0 Å². The molecule has 0 aromatic carbocycles. The van der Waals surface area contributed by atoms with Crippen molar-refractivity contribution in [1.29, 1.82) is 0 Å². The lowest BCUT2D eigenvalue weighted by atomic mass is 10.3. The predicted octanol–water partition coefficient (Wildman–Crippen LogP) is 2.46. The fraction of sp³-hybridized carbons (Fsp3) is 0.231. The van der Waals surface area contributed by atoms with Gasteiger partial charge < -0.3 is 9.14 Å². The largest absolute Gasteiger partial charge is 0.424 e. The lowest BCUT2D eigenvalue weighted by Gasteiger charge is -2.06. The second kappa shape index (κ2) is 4.41. The van der Waals surface area contributed by atoms with E-state index in [0.717, 1.165) is 5.52 Å². The molecule has 0 atom stereocenters. The zero-order valence-corrected chi connectivity index (χ0v) is 9.77. The number of esters is 1. The summed E-state index contributed by atoms with van der Waals surface area (Å²) in [6.45, 7) is 3.24. The molecule has 2 heterocycles. The average molecular weight is 231 g/mol. The normalized spacial score (nSPS) is 10.5. The van der Waals surface area contributed by atoms with Crippen molar-refractivity contribution in [3.8, 4) is 5.75 Å². The van der Waals surface area contributed by atoms with Crippen molar-refractivity contribution >= 4 is 17.3 Å². The Morgan fingerprint density at radius 1 is 1.29 bits per heavy atom. The number of hydrogen-bond acceptors (Lipinski definition) is 3. The lowest BCUT2D eigenvalue weighted by molar-refractivity contribution is -0.133. The zero-order chi connectivity index (χ0) is 12.4. The third kappa shape index (κ3) is 2.06. The Kier molecular flexibility index (Phi) is 2.95. The molecule has 4 heteroatoms. The molecule has 2 aromatic rings. The van der Waals surface area contributed by atoms with Crippen LogP contribution in [0.15, 0.2) is 30.5 Å². The SMILES string of the molecule is CCC(=O)Oc1cccn2c(C(C)=O)ccc12. The van der Waals surface area contributed by atoms with E-state index in [1.807, 2.05) is 0 Å². The second-order valence-electron chi connectivity index (χ2n) is 3.73. The Bertz CT molecular complexity index is 583. The highest BCUT2D eigenvalue weighted by atomic mass is 16.5.